The number of rotatable bonds is 7. The van der Waals surface area contributed by atoms with Crippen LogP contribution in [0.5, 0.6) is 0 Å². The van der Waals surface area contributed by atoms with Gasteiger partial charge in [0.1, 0.15) is 0 Å². The lowest BCUT2D eigenvalue weighted by molar-refractivity contribution is -0.134. The summed E-state index contributed by atoms with van der Waals surface area (Å²) in [7, 11) is 1.42. The highest BCUT2D eigenvalue weighted by molar-refractivity contribution is 5.91. The predicted molar refractivity (Wildman–Crippen MR) is 75.2 cm³/mol. The van der Waals surface area contributed by atoms with Crippen LogP contribution in [-0.2, 0) is 9.53 Å². The molecular formula is C16H22O2. The summed E-state index contributed by atoms with van der Waals surface area (Å²) in [5.74, 6) is -0.274. The molecule has 0 aliphatic carbocycles. The largest absolute Gasteiger partial charge is 0.466 e. The van der Waals surface area contributed by atoms with E-state index in [1.165, 1.54) is 26.4 Å². The summed E-state index contributed by atoms with van der Waals surface area (Å²) in [5, 5.41) is 0. The van der Waals surface area contributed by atoms with Crippen molar-refractivity contribution in [1.82, 2.24) is 0 Å². The number of hydrogen-bond donors (Lipinski definition) is 0. The second-order valence-corrected chi connectivity index (χ2v) is 4.37. The first-order valence-corrected chi connectivity index (χ1v) is 6.62. The Morgan fingerprint density at radius 1 is 1.17 bits per heavy atom. The van der Waals surface area contributed by atoms with Gasteiger partial charge >= 0.3 is 5.97 Å². The number of allylic oxidation sites excluding steroid dienone is 1. The summed E-state index contributed by atoms with van der Waals surface area (Å²) in [6.07, 6.45) is 7.34. The van der Waals surface area contributed by atoms with Crippen molar-refractivity contribution >= 4 is 11.5 Å². The van der Waals surface area contributed by atoms with Gasteiger partial charge in [-0.1, -0.05) is 56.5 Å². The van der Waals surface area contributed by atoms with E-state index in [0.717, 1.165) is 24.0 Å². The zero-order valence-corrected chi connectivity index (χ0v) is 11.3. The maximum absolute atomic E-state index is 11.4. The van der Waals surface area contributed by atoms with Crippen molar-refractivity contribution in [2.75, 3.05) is 7.11 Å². The molecule has 0 N–H and O–H groups in total. The third-order valence-electron chi connectivity index (χ3n) is 2.94. The molecule has 0 aromatic heterocycles. The van der Waals surface area contributed by atoms with Crippen molar-refractivity contribution in [2.45, 2.75) is 39.0 Å². The minimum absolute atomic E-state index is 0.274. The number of unbranched alkanes of at least 4 members (excludes halogenated alkanes) is 3. The van der Waals surface area contributed by atoms with Crippen molar-refractivity contribution in [2.24, 2.45) is 0 Å². The van der Waals surface area contributed by atoms with E-state index in [1.54, 1.807) is 6.08 Å². The minimum Gasteiger partial charge on any atom is -0.466 e. The number of hydrogen-bond acceptors (Lipinski definition) is 2. The molecule has 98 valence electrons. The van der Waals surface area contributed by atoms with Gasteiger partial charge in [-0.25, -0.2) is 4.79 Å². The smallest absolute Gasteiger partial charge is 0.330 e. The quantitative estimate of drug-likeness (QED) is 0.409. The molecule has 0 bridgehead atoms. The molecule has 0 unspecified atom stereocenters. The fourth-order valence-electron chi connectivity index (χ4n) is 1.90. The van der Waals surface area contributed by atoms with Crippen LogP contribution in [0, 0.1) is 0 Å². The Morgan fingerprint density at radius 2 is 1.89 bits per heavy atom. The van der Waals surface area contributed by atoms with Crippen LogP contribution < -0.4 is 0 Å². The molecule has 0 saturated heterocycles. The van der Waals surface area contributed by atoms with Crippen molar-refractivity contribution in [3.63, 3.8) is 0 Å². The average molecular weight is 246 g/mol. The summed E-state index contributed by atoms with van der Waals surface area (Å²) in [4.78, 5) is 11.4. The van der Waals surface area contributed by atoms with Crippen LogP contribution >= 0.6 is 0 Å². The third kappa shape index (κ3) is 5.17. The van der Waals surface area contributed by atoms with E-state index in [1.807, 2.05) is 30.3 Å². The molecule has 1 aromatic carbocycles. The number of carbonyl (C=O) groups excluding carboxylic acids is 1. The number of benzene rings is 1. The fourth-order valence-corrected chi connectivity index (χ4v) is 1.90. The van der Waals surface area contributed by atoms with Gasteiger partial charge in [0.2, 0.25) is 0 Å². The number of esters is 1. The Bertz CT molecular complexity index is 379. The van der Waals surface area contributed by atoms with Crippen LogP contribution in [-0.4, -0.2) is 13.1 Å². The van der Waals surface area contributed by atoms with Crippen LogP contribution in [0.2, 0.25) is 0 Å². The molecular weight excluding hydrogens is 224 g/mol. The summed E-state index contributed by atoms with van der Waals surface area (Å²) in [6.45, 7) is 2.20. The van der Waals surface area contributed by atoms with Crippen LogP contribution in [0.3, 0.4) is 0 Å². The van der Waals surface area contributed by atoms with Crippen molar-refractivity contribution in [3.8, 4) is 0 Å². The van der Waals surface area contributed by atoms with E-state index in [0.29, 0.717) is 0 Å². The standard InChI is InChI=1S/C16H22O2/c1-3-4-5-7-12-15(13-16(17)18-2)14-10-8-6-9-11-14/h6,8-11,13H,3-5,7,12H2,1-2H3/b15-13+. The Hall–Kier alpha value is -1.57. The zero-order valence-electron chi connectivity index (χ0n) is 11.3. The minimum atomic E-state index is -0.274. The van der Waals surface area contributed by atoms with E-state index in [2.05, 4.69) is 6.92 Å². The van der Waals surface area contributed by atoms with Gasteiger partial charge in [-0.2, -0.15) is 0 Å². The molecule has 0 amide bonds. The second kappa shape index (κ2) is 8.51. The molecule has 0 saturated carbocycles. The van der Waals surface area contributed by atoms with Gasteiger partial charge < -0.3 is 4.74 Å². The highest BCUT2D eigenvalue weighted by atomic mass is 16.5. The molecule has 0 radical (unpaired) electrons. The van der Waals surface area contributed by atoms with Crippen molar-refractivity contribution < 1.29 is 9.53 Å². The summed E-state index contributed by atoms with van der Waals surface area (Å²) >= 11 is 0. The average Bonchev–Trinajstić information content (AvgIpc) is 2.43. The van der Waals surface area contributed by atoms with Gasteiger partial charge in [0.05, 0.1) is 7.11 Å². The van der Waals surface area contributed by atoms with E-state index < -0.39 is 0 Å². The maximum atomic E-state index is 11.4. The van der Waals surface area contributed by atoms with Crippen LogP contribution in [0.4, 0.5) is 0 Å². The summed E-state index contributed by atoms with van der Waals surface area (Å²) in [6, 6.07) is 10.0. The van der Waals surface area contributed by atoms with Gasteiger partial charge in [-0.05, 0) is 24.0 Å². The van der Waals surface area contributed by atoms with Crippen LogP contribution in [0.1, 0.15) is 44.6 Å². The second-order valence-electron chi connectivity index (χ2n) is 4.37. The fraction of sp³-hybridized carbons (Fsp3) is 0.438. The van der Waals surface area contributed by atoms with Gasteiger partial charge in [-0.3, -0.25) is 0 Å². The van der Waals surface area contributed by atoms with Gasteiger partial charge in [0.15, 0.2) is 0 Å². The summed E-state index contributed by atoms with van der Waals surface area (Å²) in [5.41, 5.74) is 2.18. The van der Waals surface area contributed by atoms with Gasteiger partial charge in [-0.15, -0.1) is 0 Å². The van der Waals surface area contributed by atoms with E-state index >= 15 is 0 Å². The Morgan fingerprint density at radius 3 is 2.50 bits per heavy atom. The Balaban J connectivity index is 2.70. The lowest BCUT2D eigenvalue weighted by Crippen LogP contribution is -1.97. The summed E-state index contributed by atoms with van der Waals surface area (Å²) < 4.78 is 4.71. The van der Waals surface area contributed by atoms with Gasteiger partial charge in [0.25, 0.3) is 0 Å². The molecule has 0 spiro atoms. The van der Waals surface area contributed by atoms with E-state index in [-0.39, 0.29) is 5.97 Å². The van der Waals surface area contributed by atoms with Crippen LogP contribution in [0.15, 0.2) is 36.4 Å². The topological polar surface area (TPSA) is 26.3 Å². The molecule has 1 rings (SSSR count). The van der Waals surface area contributed by atoms with E-state index in [9.17, 15) is 4.79 Å². The monoisotopic (exact) mass is 246 g/mol. The number of carbonyl (C=O) groups is 1. The number of methoxy groups -OCH3 is 1. The highest BCUT2D eigenvalue weighted by Gasteiger charge is 2.04. The first-order chi connectivity index (χ1) is 8.77. The maximum Gasteiger partial charge on any atom is 0.330 e. The first-order valence-electron chi connectivity index (χ1n) is 6.62. The molecule has 18 heavy (non-hydrogen) atoms. The molecule has 1 aromatic rings. The molecule has 0 atom stereocenters. The Labute approximate surface area is 110 Å². The number of ether oxygens (including phenoxy) is 1. The molecule has 2 nitrogen and oxygen atoms in total. The zero-order chi connectivity index (χ0) is 13.2. The van der Waals surface area contributed by atoms with E-state index in [4.69, 9.17) is 4.74 Å². The van der Waals surface area contributed by atoms with Gasteiger partial charge in [0, 0.05) is 6.08 Å². The molecule has 0 aliphatic rings. The first kappa shape index (κ1) is 14.5. The Kier molecular flexibility index (Phi) is 6.85. The molecule has 0 fully saturated rings. The lowest BCUT2D eigenvalue weighted by Gasteiger charge is -2.07. The highest BCUT2D eigenvalue weighted by Crippen LogP contribution is 2.21. The predicted octanol–water partition coefficient (Wildman–Crippen LogP) is 4.21. The van der Waals surface area contributed by atoms with Crippen molar-refractivity contribution in [3.05, 3.63) is 42.0 Å². The van der Waals surface area contributed by atoms with Crippen LogP contribution in [0.25, 0.3) is 5.57 Å². The SMILES string of the molecule is CCCCCC/C(=C\C(=O)OC)c1ccccc1. The molecule has 2 heteroatoms. The third-order valence-corrected chi connectivity index (χ3v) is 2.94. The molecule has 0 heterocycles. The normalized spacial score (nSPS) is 11.3. The van der Waals surface area contributed by atoms with Crippen molar-refractivity contribution in [1.29, 1.82) is 0 Å². The molecule has 0 aliphatic heterocycles. The lowest BCUT2D eigenvalue weighted by atomic mass is 9.99.